The monoisotopic (exact) mass is 539 g/mol. The molecule has 6 rings (SSSR count). The zero-order chi connectivity index (χ0) is 26.8. The lowest BCUT2D eigenvalue weighted by molar-refractivity contribution is -0.171. The molecule has 0 spiro atoms. The third kappa shape index (κ3) is 4.84. The molecule has 2 aromatic heterocycles. The first-order valence-electron chi connectivity index (χ1n) is 14.0. The summed E-state index contributed by atoms with van der Waals surface area (Å²) >= 11 is 0. The number of hydrogen-bond acceptors (Lipinski definition) is 10. The van der Waals surface area contributed by atoms with Crippen LogP contribution in [0, 0.1) is 0 Å². The Morgan fingerprint density at radius 2 is 1.67 bits per heavy atom. The predicted octanol–water partition coefficient (Wildman–Crippen LogP) is -0.480. The first kappa shape index (κ1) is 26.0. The Kier molecular flexibility index (Phi) is 7.38. The molecule has 6 heterocycles. The van der Waals surface area contributed by atoms with E-state index in [1.807, 2.05) is 17.8 Å². The molecular formula is C26H37N9O4. The first-order chi connectivity index (χ1) is 19.1. The predicted molar refractivity (Wildman–Crippen MR) is 144 cm³/mol. The highest BCUT2D eigenvalue weighted by Crippen LogP contribution is 2.37. The van der Waals surface area contributed by atoms with Gasteiger partial charge in [-0.15, -0.1) is 0 Å². The molecule has 3 saturated heterocycles. The van der Waals surface area contributed by atoms with Crippen molar-refractivity contribution in [2.45, 2.75) is 38.0 Å². The summed E-state index contributed by atoms with van der Waals surface area (Å²) in [6.07, 6.45) is 6.99. The van der Waals surface area contributed by atoms with E-state index in [4.69, 9.17) is 14.6 Å². The largest absolute Gasteiger partial charge is 0.381 e. The SMILES string of the molecule is CCn1ncc2c(NC3CCOCC3)c(C3=CC(C(=O)N4CCNCC4)(C(=O)N4CCNCC4)ON3)cnc21. The topological polar surface area (TPSA) is 138 Å². The quantitative estimate of drug-likeness (QED) is 0.356. The van der Waals surface area contributed by atoms with Crippen molar-refractivity contribution in [3.8, 4) is 0 Å². The molecule has 0 bridgehead atoms. The highest BCUT2D eigenvalue weighted by atomic mass is 16.7. The van der Waals surface area contributed by atoms with Crippen LogP contribution in [0.15, 0.2) is 18.5 Å². The van der Waals surface area contributed by atoms with E-state index in [0.29, 0.717) is 77.8 Å². The number of nitrogens with one attached hydrogen (secondary N) is 4. The molecule has 39 heavy (non-hydrogen) atoms. The fourth-order valence-electron chi connectivity index (χ4n) is 5.70. The number of ether oxygens (including phenoxy) is 1. The standard InChI is InChI=1S/C26H37N9O4/c1-2-35-23-20(17-30-35)22(31-18-3-13-38-14-4-18)19(16-29-23)21-15-26(39-32-21,24(36)33-9-5-27-6-10-33)25(37)34-11-7-28-8-12-34/h15-18,27-28,32H,2-14H2,1H3,(H,29,31). The number of anilines is 1. The highest BCUT2D eigenvalue weighted by molar-refractivity contribution is 6.13. The maximum Gasteiger partial charge on any atom is 0.272 e. The van der Waals surface area contributed by atoms with E-state index in [-0.39, 0.29) is 17.9 Å². The summed E-state index contributed by atoms with van der Waals surface area (Å²) in [6.45, 7) is 8.88. The van der Waals surface area contributed by atoms with Crippen molar-refractivity contribution >= 4 is 34.2 Å². The van der Waals surface area contributed by atoms with Crippen molar-refractivity contribution in [1.29, 1.82) is 0 Å². The van der Waals surface area contributed by atoms with Crippen LogP contribution in [0.25, 0.3) is 16.7 Å². The van der Waals surface area contributed by atoms with Gasteiger partial charge >= 0.3 is 0 Å². The number of pyridine rings is 1. The minimum Gasteiger partial charge on any atom is -0.381 e. The van der Waals surface area contributed by atoms with Crippen LogP contribution in [0.2, 0.25) is 0 Å². The van der Waals surface area contributed by atoms with E-state index in [1.165, 1.54) is 0 Å². The highest BCUT2D eigenvalue weighted by Gasteiger charge is 2.54. The summed E-state index contributed by atoms with van der Waals surface area (Å²) in [5, 5.41) is 15.6. The van der Waals surface area contributed by atoms with Crippen LogP contribution in [-0.2, 0) is 25.7 Å². The Morgan fingerprint density at radius 1 is 1.03 bits per heavy atom. The fraction of sp³-hybridized carbons (Fsp3) is 0.615. The van der Waals surface area contributed by atoms with E-state index in [2.05, 4.69) is 26.5 Å². The first-order valence-corrected chi connectivity index (χ1v) is 14.0. The summed E-state index contributed by atoms with van der Waals surface area (Å²) in [4.78, 5) is 42.2. The second-order valence-corrected chi connectivity index (χ2v) is 10.4. The van der Waals surface area contributed by atoms with E-state index >= 15 is 0 Å². The number of aryl methyl sites for hydroxylation is 1. The molecule has 4 N–H and O–H groups in total. The lowest BCUT2D eigenvalue weighted by Crippen LogP contribution is -2.63. The minimum atomic E-state index is -1.79. The van der Waals surface area contributed by atoms with Crippen molar-refractivity contribution in [3.05, 3.63) is 24.0 Å². The molecule has 0 radical (unpaired) electrons. The molecular weight excluding hydrogens is 502 g/mol. The van der Waals surface area contributed by atoms with Gasteiger partial charge in [0.1, 0.15) is 0 Å². The summed E-state index contributed by atoms with van der Waals surface area (Å²) in [5.41, 5.74) is 4.08. The molecule has 13 heteroatoms. The normalized spacial score (nSPS) is 22.0. The summed E-state index contributed by atoms with van der Waals surface area (Å²) < 4.78 is 7.42. The lowest BCUT2D eigenvalue weighted by Gasteiger charge is -2.37. The minimum absolute atomic E-state index is 0.214. The van der Waals surface area contributed by atoms with Gasteiger partial charge in [-0.3, -0.25) is 15.1 Å². The molecule has 2 amide bonds. The number of carbonyl (C=O) groups excluding carboxylic acids is 2. The average Bonchev–Trinajstić information content (AvgIpc) is 3.64. The van der Waals surface area contributed by atoms with Gasteiger partial charge in [-0.1, -0.05) is 0 Å². The molecule has 4 aliphatic heterocycles. The van der Waals surface area contributed by atoms with Crippen molar-refractivity contribution in [3.63, 3.8) is 0 Å². The maximum atomic E-state index is 14.0. The van der Waals surface area contributed by atoms with E-state index in [1.54, 1.807) is 22.1 Å². The van der Waals surface area contributed by atoms with Gasteiger partial charge in [0.25, 0.3) is 17.4 Å². The number of hydroxylamine groups is 1. The van der Waals surface area contributed by atoms with Crippen molar-refractivity contribution in [2.24, 2.45) is 0 Å². The Labute approximate surface area is 227 Å². The van der Waals surface area contributed by atoms with Gasteiger partial charge in [0, 0.05) is 89.9 Å². The van der Waals surface area contributed by atoms with Gasteiger partial charge in [-0.25, -0.2) is 14.5 Å². The van der Waals surface area contributed by atoms with Gasteiger partial charge in [0.2, 0.25) is 0 Å². The number of aromatic nitrogens is 3. The number of piperazine rings is 2. The number of fused-ring (bicyclic) bond motifs is 1. The van der Waals surface area contributed by atoms with Gasteiger partial charge in [0.05, 0.1) is 23.0 Å². The zero-order valence-electron chi connectivity index (χ0n) is 22.4. The van der Waals surface area contributed by atoms with Crippen molar-refractivity contribution < 1.29 is 19.2 Å². The molecule has 0 atom stereocenters. The molecule has 0 aromatic carbocycles. The maximum absolute atomic E-state index is 14.0. The molecule has 2 aromatic rings. The van der Waals surface area contributed by atoms with Crippen LogP contribution < -0.4 is 21.4 Å². The Morgan fingerprint density at radius 3 is 2.28 bits per heavy atom. The zero-order valence-corrected chi connectivity index (χ0v) is 22.4. The summed E-state index contributed by atoms with van der Waals surface area (Å²) in [6, 6.07) is 0.214. The van der Waals surface area contributed by atoms with Crippen molar-refractivity contribution in [2.75, 3.05) is 70.9 Å². The van der Waals surface area contributed by atoms with Crippen molar-refractivity contribution in [1.82, 2.24) is 40.7 Å². The number of amides is 2. The molecule has 0 unspecified atom stereocenters. The Bertz CT molecular complexity index is 1210. The molecule has 13 nitrogen and oxygen atoms in total. The van der Waals surface area contributed by atoms with Crippen LogP contribution in [0.3, 0.4) is 0 Å². The third-order valence-corrected chi connectivity index (χ3v) is 7.94. The fourth-order valence-corrected chi connectivity index (χ4v) is 5.70. The van der Waals surface area contributed by atoms with E-state index < -0.39 is 5.60 Å². The number of hydrogen-bond donors (Lipinski definition) is 4. The second kappa shape index (κ2) is 11.1. The third-order valence-electron chi connectivity index (χ3n) is 7.94. The van der Waals surface area contributed by atoms with Gasteiger partial charge < -0.3 is 30.5 Å². The van der Waals surface area contributed by atoms with Gasteiger partial charge in [-0.2, -0.15) is 5.10 Å². The molecule has 210 valence electrons. The Balaban J connectivity index is 1.42. The van der Waals surface area contributed by atoms with Crippen LogP contribution in [0.5, 0.6) is 0 Å². The van der Waals surface area contributed by atoms with Crippen LogP contribution in [0.1, 0.15) is 25.3 Å². The molecule has 4 aliphatic rings. The van der Waals surface area contributed by atoms with Gasteiger partial charge in [0.15, 0.2) is 5.65 Å². The summed E-state index contributed by atoms with van der Waals surface area (Å²) in [7, 11) is 0. The summed E-state index contributed by atoms with van der Waals surface area (Å²) in [5.74, 6) is -0.691. The van der Waals surface area contributed by atoms with E-state index in [0.717, 1.165) is 35.1 Å². The molecule has 0 aliphatic carbocycles. The molecule has 3 fully saturated rings. The van der Waals surface area contributed by atoms with Crippen LogP contribution >= 0.6 is 0 Å². The molecule has 0 saturated carbocycles. The Hall–Kier alpha value is -3.26. The second-order valence-electron chi connectivity index (χ2n) is 10.4. The average molecular weight is 540 g/mol. The number of nitrogens with zero attached hydrogens (tertiary/aromatic N) is 5. The van der Waals surface area contributed by atoms with Crippen LogP contribution in [-0.4, -0.2) is 114 Å². The smallest absolute Gasteiger partial charge is 0.272 e. The number of carbonyl (C=O) groups is 2. The lowest BCUT2D eigenvalue weighted by atomic mass is 9.96. The number of rotatable bonds is 6. The van der Waals surface area contributed by atoms with Crippen LogP contribution in [0.4, 0.5) is 5.69 Å². The van der Waals surface area contributed by atoms with E-state index in [9.17, 15) is 9.59 Å². The van der Waals surface area contributed by atoms with Gasteiger partial charge in [-0.05, 0) is 25.8 Å².